The lowest BCUT2D eigenvalue weighted by Crippen LogP contribution is -2.17. The Bertz CT molecular complexity index is 492. The number of thiazole rings is 1. The summed E-state index contributed by atoms with van der Waals surface area (Å²) >= 11 is 1.71. The summed E-state index contributed by atoms with van der Waals surface area (Å²) in [6.45, 7) is 4.60. The van der Waals surface area contributed by atoms with E-state index in [9.17, 15) is 0 Å². The molecule has 0 aliphatic carbocycles. The molecule has 2 rings (SSSR count). The van der Waals surface area contributed by atoms with E-state index in [0.717, 1.165) is 36.1 Å². The van der Waals surface area contributed by atoms with Gasteiger partial charge in [-0.05, 0) is 27.1 Å². The van der Waals surface area contributed by atoms with E-state index in [2.05, 4.69) is 27.6 Å². The van der Waals surface area contributed by atoms with E-state index < -0.39 is 0 Å². The average Bonchev–Trinajstić information content (AvgIpc) is 2.90. The van der Waals surface area contributed by atoms with Crippen molar-refractivity contribution in [3.8, 4) is 0 Å². The summed E-state index contributed by atoms with van der Waals surface area (Å²) in [5.41, 5.74) is 2.37. The summed E-state index contributed by atoms with van der Waals surface area (Å²) in [6.07, 6.45) is 1.74. The van der Waals surface area contributed by atoms with Crippen LogP contribution in [0.3, 0.4) is 0 Å². The minimum absolute atomic E-state index is 0.842. The van der Waals surface area contributed by atoms with E-state index in [1.54, 1.807) is 17.6 Å². The van der Waals surface area contributed by atoms with Crippen LogP contribution in [-0.2, 0) is 19.6 Å². The third kappa shape index (κ3) is 3.41. The van der Waals surface area contributed by atoms with Gasteiger partial charge >= 0.3 is 0 Å². The van der Waals surface area contributed by atoms with Gasteiger partial charge in [-0.1, -0.05) is 0 Å². The smallest absolute Gasteiger partial charge is 0.107 e. The standard InChI is InChI=1S/C13H19N3OS/c1-10-11(4-5-17-10)7-16(3)8-12-9-18-13(15-12)6-14-2/h4-5,9,14H,6-8H2,1-3H3. The van der Waals surface area contributed by atoms with Gasteiger partial charge in [0.2, 0.25) is 0 Å². The highest BCUT2D eigenvalue weighted by molar-refractivity contribution is 7.09. The Kier molecular flexibility index (Phi) is 4.52. The van der Waals surface area contributed by atoms with Crippen LogP contribution in [0.2, 0.25) is 0 Å². The number of nitrogens with one attached hydrogen (secondary N) is 1. The first kappa shape index (κ1) is 13.3. The normalized spacial score (nSPS) is 11.3. The summed E-state index contributed by atoms with van der Waals surface area (Å²) < 4.78 is 5.30. The molecule has 0 spiro atoms. The first-order chi connectivity index (χ1) is 8.69. The van der Waals surface area contributed by atoms with Crippen LogP contribution in [0.4, 0.5) is 0 Å². The molecule has 0 saturated heterocycles. The van der Waals surface area contributed by atoms with Gasteiger partial charge in [-0.25, -0.2) is 4.98 Å². The molecule has 1 N–H and O–H groups in total. The zero-order valence-electron chi connectivity index (χ0n) is 11.1. The SMILES string of the molecule is CNCc1nc(CN(C)Cc2ccoc2C)cs1. The second kappa shape index (κ2) is 6.13. The quantitative estimate of drug-likeness (QED) is 0.871. The number of aromatic nitrogens is 1. The van der Waals surface area contributed by atoms with Gasteiger partial charge in [-0.3, -0.25) is 4.90 Å². The lowest BCUT2D eigenvalue weighted by Gasteiger charge is -2.14. The summed E-state index contributed by atoms with van der Waals surface area (Å²) in [4.78, 5) is 6.83. The molecule has 98 valence electrons. The largest absolute Gasteiger partial charge is 0.469 e. The number of hydrogen-bond donors (Lipinski definition) is 1. The maximum absolute atomic E-state index is 5.30. The lowest BCUT2D eigenvalue weighted by molar-refractivity contribution is 0.313. The summed E-state index contributed by atoms with van der Waals surface area (Å²) in [7, 11) is 4.04. The summed E-state index contributed by atoms with van der Waals surface area (Å²) in [5.74, 6) is 0.996. The van der Waals surface area contributed by atoms with E-state index in [1.165, 1.54) is 5.56 Å². The van der Waals surface area contributed by atoms with Crippen LogP contribution >= 0.6 is 11.3 Å². The van der Waals surface area contributed by atoms with Crippen molar-refractivity contribution in [3.05, 3.63) is 39.7 Å². The van der Waals surface area contributed by atoms with Gasteiger partial charge in [0, 0.05) is 30.6 Å². The third-order valence-corrected chi connectivity index (χ3v) is 3.66. The fourth-order valence-corrected chi connectivity index (χ4v) is 2.65. The molecule has 2 aromatic heterocycles. The van der Waals surface area contributed by atoms with Crippen molar-refractivity contribution in [1.29, 1.82) is 0 Å². The minimum Gasteiger partial charge on any atom is -0.469 e. The van der Waals surface area contributed by atoms with Gasteiger partial charge in [0.25, 0.3) is 0 Å². The fraction of sp³-hybridized carbons (Fsp3) is 0.462. The highest BCUT2D eigenvalue weighted by atomic mass is 32.1. The highest BCUT2D eigenvalue weighted by Crippen LogP contribution is 2.15. The van der Waals surface area contributed by atoms with E-state index in [-0.39, 0.29) is 0 Å². The Morgan fingerprint density at radius 3 is 2.94 bits per heavy atom. The fourth-order valence-electron chi connectivity index (χ4n) is 1.85. The molecule has 2 heterocycles. The molecular formula is C13H19N3OS. The number of hydrogen-bond acceptors (Lipinski definition) is 5. The van der Waals surface area contributed by atoms with Gasteiger partial charge in [0.1, 0.15) is 10.8 Å². The molecule has 0 aliphatic heterocycles. The number of furan rings is 1. The van der Waals surface area contributed by atoms with Crippen molar-refractivity contribution in [1.82, 2.24) is 15.2 Å². The molecule has 0 amide bonds. The molecule has 0 atom stereocenters. The number of rotatable bonds is 6. The second-order valence-electron chi connectivity index (χ2n) is 4.44. The number of nitrogens with zero attached hydrogens (tertiary/aromatic N) is 2. The average molecular weight is 265 g/mol. The molecular weight excluding hydrogens is 246 g/mol. The zero-order chi connectivity index (χ0) is 13.0. The van der Waals surface area contributed by atoms with E-state index in [0.29, 0.717) is 0 Å². The molecule has 0 fully saturated rings. The molecule has 0 unspecified atom stereocenters. The molecule has 0 aliphatic rings. The van der Waals surface area contributed by atoms with E-state index >= 15 is 0 Å². The Morgan fingerprint density at radius 2 is 2.28 bits per heavy atom. The van der Waals surface area contributed by atoms with Crippen LogP contribution in [0, 0.1) is 6.92 Å². The van der Waals surface area contributed by atoms with E-state index in [1.807, 2.05) is 20.0 Å². The Balaban J connectivity index is 1.90. The summed E-state index contributed by atoms with van der Waals surface area (Å²) in [6, 6.07) is 2.03. The first-order valence-corrected chi connectivity index (χ1v) is 6.86. The van der Waals surface area contributed by atoms with E-state index in [4.69, 9.17) is 4.42 Å². The Morgan fingerprint density at radius 1 is 1.44 bits per heavy atom. The van der Waals surface area contributed by atoms with Crippen LogP contribution < -0.4 is 5.32 Å². The predicted molar refractivity (Wildman–Crippen MR) is 73.5 cm³/mol. The van der Waals surface area contributed by atoms with Gasteiger partial charge in [0.15, 0.2) is 0 Å². The van der Waals surface area contributed by atoms with Crippen LogP contribution in [0.1, 0.15) is 22.0 Å². The second-order valence-corrected chi connectivity index (χ2v) is 5.38. The molecule has 0 radical (unpaired) electrons. The van der Waals surface area contributed by atoms with Crippen LogP contribution in [0.15, 0.2) is 22.1 Å². The molecule has 18 heavy (non-hydrogen) atoms. The van der Waals surface area contributed by atoms with Crippen LogP contribution in [-0.4, -0.2) is 24.0 Å². The lowest BCUT2D eigenvalue weighted by atomic mass is 10.2. The number of aryl methyl sites for hydroxylation is 1. The van der Waals surface area contributed by atoms with Gasteiger partial charge in [-0.15, -0.1) is 11.3 Å². The summed E-state index contributed by atoms with van der Waals surface area (Å²) in [5, 5.41) is 6.39. The maximum atomic E-state index is 5.30. The molecule has 2 aromatic rings. The van der Waals surface area contributed by atoms with Crippen molar-refractivity contribution in [3.63, 3.8) is 0 Å². The van der Waals surface area contributed by atoms with Crippen molar-refractivity contribution >= 4 is 11.3 Å². The van der Waals surface area contributed by atoms with Gasteiger partial charge < -0.3 is 9.73 Å². The maximum Gasteiger partial charge on any atom is 0.107 e. The van der Waals surface area contributed by atoms with Crippen LogP contribution in [0.5, 0.6) is 0 Å². The molecule has 4 nitrogen and oxygen atoms in total. The molecule has 0 bridgehead atoms. The Hall–Kier alpha value is -1.17. The van der Waals surface area contributed by atoms with Crippen molar-refractivity contribution in [2.24, 2.45) is 0 Å². The van der Waals surface area contributed by atoms with Gasteiger partial charge in [0.05, 0.1) is 12.0 Å². The highest BCUT2D eigenvalue weighted by Gasteiger charge is 2.08. The van der Waals surface area contributed by atoms with Crippen molar-refractivity contribution < 1.29 is 4.42 Å². The zero-order valence-corrected chi connectivity index (χ0v) is 11.9. The molecule has 5 heteroatoms. The van der Waals surface area contributed by atoms with Gasteiger partial charge in [-0.2, -0.15) is 0 Å². The van der Waals surface area contributed by atoms with Crippen molar-refractivity contribution in [2.75, 3.05) is 14.1 Å². The Labute approximate surface area is 112 Å². The first-order valence-electron chi connectivity index (χ1n) is 5.98. The predicted octanol–water partition coefficient (Wildman–Crippen LogP) is 2.40. The molecule has 0 aromatic carbocycles. The van der Waals surface area contributed by atoms with Crippen LogP contribution in [0.25, 0.3) is 0 Å². The third-order valence-electron chi connectivity index (χ3n) is 2.77. The monoisotopic (exact) mass is 265 g/mol. The topological polar surface area (TPSA) is 41.3 Å². The van der Waals surface area contributed by atoms with Crippen molar-refractivity contribution in [2.45, 2.75) is 26.6 Å². The minimum atomic E-state index is 0.842. The molecule has 0 saturated carbocycles.